The normalized spacial score (nSPS) is 22.0. The molecule has 2 aliphatic rings. The van der Waals surface area contributed by atoms with Gasteiger partial charge in [0.2, 0.25) is 0 Å². The predicted molar refractivity (Wildman–Crippen MR) is 75.5 cm³/mol. The van der Waals surface area contributed by atoms with Crippen molar-refractivity contribution in [1.29, 1.82) is 0 Å². The second kappa shape index (κ2) is 5.68. The fourth-order valence-electron chi connectivity index (χ4n) is 2.64. The average Bonchev–Trinajstić information content (AvgIpc) is 3.26. The molecular weight excluding hydrogens is 220 g/mol. The van der Waals surface area contributed by atoms with Crippen LogP contribution >= 0.6 is 0 Å². The van der Waals surface area contributed by atoms with Gasteiger partial charge in [-0.2, -0.15) is 0 Å². The molecule has 0 radical (unpaired) electrons. The van der Waals surface area contributed by atoms with Gasteiger partial charge in [0.25, 0.3) is 0 Å². The standard InChI is InChI=1S/C16H22N2/c1-3-7-14(8-4-1)16(13-17-15-9-10-15)18-11-5-2-6-12-18/h1-5,7-8,15-17H,6,9-13H2. The third kappa shape index (κ3) is 3.01. The summed E-state index contributed by atoms with van der Waals surface area (Å²) in [7, 11) is 0. The van der Waals surface area contributed by atoms with Gasteiger partial charge < -0.3 is 5.32 Å². The minimum atomic E-state index is 0.525. The van der Waals surface area contributed by atoms with Crippen LogP contribution in [0.25, 0.3) is 0 Å². The molecule has 1 aromatic carbocycles. The maximum Gasteiger partial charge on any atom is 0.0476 e. The van der Waals surface area contributed by atoms with Gasteiger partial charge in [-0.1, -0.05) is 42.5 Å². The largest absolute Gasteiger partial charge is 0.312 e. The van der Waals surface area contributed by atoms with E-state index in [1.165, 1.54) is 31.4 Å². The van der Waals surface area contributed by atoms with E-state index in [1.54, 1.807) is 0 Å². The van der Waals surface area contributed by atoms with E-state index in [1.807, 2.05) is 0 Å². The molecule has 1 saturated carbocycles. The predicted octanol–water partition coefficient (Wildman–Crippen LogP) is 2.74. The van der Waals surface area contributed by atoms with E-state index in [4.69, 9.17) is 0 Å². The SMILES string of the molecule is C1=CCN(C(CNC2CC2)c2ccccc2)CC1. The average molecular weight is 242 g/mol. The Morgan fingerprint density at radius 2 is 2.00 bits per heavy atom. The Labute approximate surface area is 110 Å². The maximum absolute atomic E-state index is 3.69. The first-order valence-corrected chi connectivity index (χ1v) is 7.11. The van der Waals surface area contributed by atoms with Crippen LogP contribution in [0.5, 0.6) is 0 Å². The van der Waals surface area contributed by atoms with Gasteiger partial charge in [0.1, 0.15) is 0 Å². The van der Waals surface area contributed by atoms with Gasteiger partial charge in [-0.25, -0.2) is 0 Å². The molecule has 0 amide bonds. The number of benzene rings is 1. The van der Waals surface area contributed by atoms with Crippen LogP contribution in [0.4, 0.5) is 0 Å². The van der Waals surface area contributed by atoms with Crippen LogP contribution in [0.2, 0.25) is 0 Å². The Morgan fingerprint density at radius 3 is 2.67 bits per heavy atom. The number of rotatable bonds is 5. The zero-order valence-electron chi connectivity index (χ0n) is 10.9. The second-order valence-electron chi connectivity index (χ2n) is 5.36. The van der Waals surface area contributed by atoms with E-state index >= 15 is 0 Å². The first-order valence-electron chi connectivity index (χ1n) is 7.11. The molecule has 0 aromatic heterocycles. The minimum absolute atomic E-state index is 0.525. The first-order chi connectivity index (χ1) is 8.93. The molecule has 3 rings (SSSR count). The van der Waals surface area contributed by atoms with Gasteiger partial charge in [0.05, 0.1) is 0 Å². The lowest BCUT2D eigenvalue weighted by Gasteiger charge is -2.33. The Bertz CT molecular complexity index is 395. The molecule has 1 N–H and O–H groups in total. The van der Waals surface area contributed by atoms with Crippen LogP contribution in [-0.4, -0.2) is 30.6 Å². The third-order valence-corrected chi connectivity index (χ3v) is 3.89. The second-order valence-corrected chi connectivity index (χ2v) is 5.36. The molecule has 1 aliphatic carbocycles. The smallest absolute Gasteiger partial charge is 0.0476 e. The molecule has 18 heavy (non-hydrogen) atoms. The molecule has 2 heteroatoms. The van der Waals surface area contributed by atoms with Crippen LogP contribution in [0, 0.1) is 0 Å². The summed E-state index contributed by atoms with van der Waals surface area (Å²) in [6, 6.07) is 12.2. The summed E-state index contributed by atoms with van der Waals surface area (Å²) in [5.74, 6) is 0. The van der Waals surface area contributed by atoms with Gasteiger partial charge in [-0.05, 0) is 24.8 Å². The summed E-state index contributed by atoms with van der Waals surface area (Å²) >= 11 is 0. The van der Waals surface area contributed by atoms with Crippen LogP contribution < -0.4 is 5.32 Å². The highest BCUT2D eigenvalue weighted by molar-refractivity contribution is 5.20. The summed E-state index contributed by atoms with van der Waals surface area (Å²) < 4.78 is 0. The van der Waals surface area contributed by atoms with E-state index in [2.05, 4.69) is 52.7 Å². The Kier molecular flexibility index (Phi) is 3.77. The van der Waals surface area contributed by atoms with Crippen molar-refractivity contribution < 1.29 is 0 Å². The number of nitrogens with one attached hydrogen (secondary N) is 1. The van der Waals surface area contributed by atoms with Crippen molar-refractivity contribution in [2.45, 2.75) is 31.3 Å². The first kappa shape index (κ1) is 11.9. The molecule has 1 heterocycles. The van der Waals surface area contributed by atoms with Gasteiger partial charge in [0.15, 0.2) is 0 Å². The molecule has 0 bridgehead atoms. The van der Waals surface area contributed by atoms with Gasteiger partial charge in [-0.3, -0.25) is 4.90 Å². The minimum Gasteiger partial charge on any atom is -0.312 e. The molecule has 1 fully saturated rings. The van der Waals surface area contributed by atoms with Gasteiger partial charge >= 0.3 is 0 Å². The van der Waals surface area contributed by atoms with E-state index in [0.29, 0.717) is 6.04 Å². The van der Waals surface area contributed by atoms with Crippen LogP contribution in [0.15, 0.2) is 42.5 Å². The van der Waals surface area contributed by atoms with Crippen molar-refractivity contribution in [3.05, 3.63) is 48.0 Å². The Balaban J connectivity index is 1.71. The van der Waals surface area contributed by atoms with Crippen molar-refractivity contribution >= 4 is 0 Å². The molecule has 1 unspecified atom stereocenters. The number of hydrogen-bond acceptors (Lipinski definition) is 2. The molecule has 2 nitrogen and oxygen atoms in total. The highest BCUT2D eigenvalue weighted by Crippen LogP contribution is 2.25. The van der Waals surface area contributed by atoms with Gasteiger partial charge in [-0.15, -0.1) is 0 Å². The molecule has 0 spiro atoms. The molecule has 1 aliphatic heterocycles. The zero-order chi connectivity index (χ0) is 12.2. The highest BCUT2D eigenvalue weighted by atomic mass is 15.2. The van der Waals surface area contributed by atoms with Crippen molar-refractivity contribution in [3.63, 3.8) is 0 Å². The molecule has 1 aromatic rings. The van der Waals surface area contributed by atoms with Gasteiger partial charge in [0, 0.05) is 31.7 Å². The topological polar surface area (TPSA) is 15.3 Å². The molecule has 0 saturated heterocycles. The number of nitrogens with zero attached hydrogens (tertiary/aromatic N) is 1. The molecular formula is C16H22N2. The lowest BCUT2D eigenvalue weighted by molar-refractivity contribution is 0.210. The monoisotopic (exact) mass is 242 g/mol. The summed E-state index contributed by atoms with van der Waals surface area (Å²) in [6.45, 7) is 3.36. The lowest BCUT2D eigenvalue weighted by Crippen LogP contribution is -2.38. The third-order valence-electron chi connectivity index (χ3n) is 3.89. The summed E-state index contributed by atoms with van der Waals surface area (Å²) in [5, 5.41) is 3.69. The summed E-state index contributed by atoms with van der Waals surface area (Å²) in [5.41, 5.74) is 1.45. The fraction of sp³-hybridized carbons (Fsp3) is 0.500. The van der Waals surface area contributed by atoms with Crippen molar-refractivity contribution in [1.82, 2.24) is 10.2 Å². The van der Waals surface area contributed by atoms with Crippen LogP contribution in [0.3, 0.4) is 0 Å². The quantitative estimate of drug-likeness (QED) is 0.799. The Hall–Kier alpha value is -1.12. The lowest BCUT2D eigenvalue weighted by atomic mass is 10.0. The van der Waals surface area contributed by atoms with Crippen molar-refractivity contribution in [2.75, 3.05) is 19.6 Å². The zero-order valence-corrected chi connectivity index (χ0v) is 10.9. The van der Waals surface area contributed by atoms with E-state index in [-0.39, 0.29) is 0 Å². The van der Waals surface area contributed by atoms with E-state index < -0.39 is 0 Å². The number of hydrogen-bond donors (Lipinski definition) is 1. The van der Waals surface area contributed by atoms with E-state index in [0.717, 1.165) is 19.1 Å². The maximum atomic E-state index is 3.69. The summed E-state index contributed by atoms with van der Waals surface area (Å²) in [4.78, 5) is 2.59. The fourth-order valence-corrected chi connectivity index (χ4v) is 2.64. The van der Waals surface area contributed by atoms with Crippen LogP contribution in [-0.2, 0) is 0 Å². The molecule has 96 valence electrons. The molecule has 1 atom stereocenters. The van der Waals surface area contributed by atoms with Crippen molar-refractivity contribution in [2.24, 2.45) is 0 Å². The van der Waals surface area contributed by atoms with Crippen LogP contribution in [0.1, 0.15) is 30.9 Å². The highest BCUT2D eigenvalue weighted by Gasteiger charge is 2.25. The Morgan fingerprint density at radius 1 is 1.17 bits per heavy atom. The summed E-state index contributed by atoms with van der Waals surface area (Å²) in [6.07, 6.45) is 8.51. The van der Waals surface area contributed by atoms with Crippen molar-refractivity contribution in [3.8, 4) is 0 Å². The van der Waals surface area contributed by atoms with E-state index in [9.17, 15) is 0 Å².